The summed E-state index contributed by atoms with van der Waals surface area (Å²) in [5.41, 5.74) is 0.357. The predicted octanol–water partition coefficient (Wildman–Crippen LogP) is 1.30. The number of cyclic esters (lactones) is 1. The highest BCUT2D eigenvalue weighted by molar-refractivity contribution is 5.90. The van der Waals surface area contributed by atoms with Crippen molar-refractivity contribution in [3.63, 3.8) is 0 Å². The Morgan fingerprint density at radius 2 is 2.03 bits per heavy atom. The fraction of sp³-hybridized carbons (Fsp3) is 0.550. The van der Waals surface area contributed by atoms with Crippen LogP contribution in [0.4, 0.5) is 14.9 Å². The fourth-order valence-electron chi connectivity index (χ4n) is 3.47. The van der Waals surface area contributed by atoms with E-state index in [-0.39, 0.29) is 43.4 Å². The number of nitrogens with zero attached hydrogens (tertiary/aromatic N) is 2. The van der Waals surface area contributed by atoms with Crippen LogP contribution in [0, 0.1) is 5.82 Å². The van der Waals surface area contributed by atoms with Crippen LogP contribution in [0.25, 0.3) is 0 Å². The minimum atomic E-state index is -0.591. The van der Waals surface area contributed by atoms with E-state index >= 15 is 0 Å². The first-order chi connectivity index (χ1) is 14.4. The number of anilines is 1. The minimum absolute atomic E-state index is 0.0478. The SMILES string of the molecule is COCC(=O)N1CCC(Oc2ccc(N3C[C@H](CNC(C)=O)OC3=O)cc2F)CC1. The van der Waals surface area contributed by atoms with Crippen LogP contribution in [0.1, 0.15) is 19.8 Å². The molecule has 0 saturated carbocycles. The zero-order valence-corrected chi connectivity index (χ0v) is 17.1. The van der Waals surface area contributed by atoms with Crippen LogP contribution in [0.5, 0.6) is 5.75 Å². The van der Waals surface area contributed by atoms with E-state index in [2.05, 4.69) is 5.32 Å². The fourth-order valence-corrected chi connectivity index (χ4v) is 3.47. The molecule has 1 aromatic rings. The molecule has 1 aromatic carbocycles. The molecule has 164 valence electrons. The maximum Gasteiger partial charge on any atom is 0.414 e. The molecule has 0 aliphatic carbocycles. The van der Waals surface area contributed by atoms with Gasteiger partial charge in [0.2, 0.25) is 11.8 Å². The summed E-state index contributed by atoms with van der Waals surface area (Å²) in [7, 11) is 1.48. The zero-order chi connectivity index (χ0) is 21.7. The molecule has 2 heterocycles. The van der Waals surface area contributed by atoms with Crippen molar-refractivity contribution < 1.29 is 33.0 Å². The third kappa shape index (κ3) is 5.38. The van der Waals surface area contributed by atoms with Gasteiger partial charge in [-0.3, -0.25) is 14.5 Å². The first kappa shape index (κ1) is 21.8. The van der Waals surface area contributed by atoms with Gasteiger partial charge < -0.3 is 24.4 Å². The predicted molar refractivity (Wildman–Crippen MR) is 105 cm³/mol. The van der Waals surface area contributed by atoms with Crippen LogP contribution in [-0.4, -0.2) is 74.9 Å². The number of methoxy groups -OCH3 is 1. The highest BCUT2D eigenvalue weighted by atomic mass is 19.1. The molecule has 3 rings (SSSR count). The van der Waals surface area contributed by atoms with Gasteiger partial charge in [0.1, 0.15) is 18.8 Å². The van der Waals surface area contributed by atoms with Gasteiger partial charge in [-0.25, -0.2) is 9.18 Å². The second-order valence-corrected chi connectivity index (χ2v) is 7.30. The second kappa shape index (κ2) is 9.75. The normalized spacial score (nSPS) is 19.6. The van der Waals surface area contributed by atoms with Gasteiger partial charge in [0.05, 0.1) is 18.8 Å². The quantitative estimate of drug-likeness (QED) is 0.710. The Morgan fingerprint density at radius 1 is 1.30 bits per heavy atom. The first-order valence-corrected chi connectivity index (χ1v) is 9.83. The van der Waals surface area contributed by atoms with E-state index in [0.717, 1.165) is 0 Å². The highest BCUT2D eigenvalue weighted by Crippen LogP contribution is 2.29. The summed E-state index contributed by atoms with van der Waals surface area (Å²) in [5, 5.41) is 2.59. The second-order valence-electron chi connectivity index (χ2n) is 7.30. The van der Waals surface area contributed by atoms with Gasteiger partial charge in [-0.05, 0) is 12.1 Å². The van der Waals surface area contributed by atoms with Crippen molar-refractivity contribution in [2.24, 2.45) is 0 Å². The molecule has 3 amide bonds. The number of halogens is 1. The summed E-state index contributed by atoms with van der Waals surface area (Å²) in [6, 6.07) is 4.31. The van der Waals surface area contributed by atoms with Crippen molar-refractivity contribution in [1.29, 1.82) is 0 Å². The maximum absolute atomic E-state index is 14.6. The molecule has 0 spiro atoms. The number of rotatable bonds is 7. The van der Waals surface area contributed by atoms with Crippen molar-refractivity contribution >= 4 is 23.6 Å². The highest BCUT2D eigenvalue weighted by Gasteiger charge is 2.33. The molecule has 0 bridgehead atoms. The number of carbonyl (C=O) groups excluding carboxylic acids is 3. The molecule has 2 saturated heterocycles. The number of carbonyl (C=O) groups is 3. The molecule has 2 fully saturated rings. The topological polar surface area (TPSA) is 97.4 Å². The summed E-state index contributed by atoms with van der Waals surface area (Å²) in [6.07, 6.45) is -0.0894. The van der Waals surface area contributed by atoms with Gasteiger partial charge in [-0.2, -0.15) is 0 Å². The molecule has 0 radical (unpaired) electrons. The smallest absolute Gasteiger partial charge is 0.414 e. The minimum Gasteiger partial charge on any atom is -0.487 e. The van der Waals surface area contributed by atoms with E-state index in [1.165, 1.54) is 31.1 Å². The summed E-state index contributed by atoms with van der Waals surface area (Å²) >= 11 is 0. The Bertz CT molecular complexity index is 797. The molecule has 30 heavy (non-hydrogen) atoms. The number of amides is 3. The Morgan fingerprint density at radius 3 is 2.67 bits per heavy atom. The Labute approximate surface area is 174 Å². The average molecular weight is 423 g/mol. The standard InChI is InChI=1S/C20H26FN3O6/c1-13(25)22-10-16-11-24(20(27)30-16)14-3-4-18(17(21)9-14)29-15-5-7-23(8-6-15)19(26)12-28-2/h3-4,9,15-16H,5-8,10-12H2,1-2H3,(H,22,25)/t16-/m0/s1. The first-order valence-electron chi connectivity index (χ1n) is 9.83. The van der Waals surface area contributed by atoms with Crippen LogP contribution in [0.3, 0.4) is 0 Å². The Hall–Kier alpha value is -2.88. The van der Waals surface area contributed by atoms with Gasteiger partial charge in [0.15, 0.2) is 11.6 Å². The Kier molecular flexibility index (Phi) is 7.09. The number of piperidine rings is 1. The van der Waals surface area contributed by atoms with Crippen LogP contribution in [0.15, 0.2) is 18.2 Å². The van der Waals surface area contributed by atoms with E-state index in [4.69, 9.17) is 14.2 Å². The van der Waals surface area contributed by atoms with Crippen LogP contribution >= 0.6 is 0 Å². The molecule has 0 unspecified atom stereocenters. The molecular weight excluding hydrogens is 397 g/mol. The van der Waals surface area contributed by atoms with Crippen molar-refractivity contribution in [1.82, 2.24) is 10.2 Å². The molecular formula is C20H26FN3O6. The molecule has 9 nitrogen and oxygen atoms in total. The number of benzene rings is 1. The number of nitrogens with one attached hydrogen (secondary N) is 1. The molecule has 0 aromatic heterocycles. The molecule has 1 N–H and O–H groups in total. The number of likely N-dealkylation sites (tertiary alicyclic amines) is 1. The zero-order valence-electron chi connectivity index (χ0n) is 17.1. The lowest BCUT2D eigenvalue weighted by molar-refractivity contribution is -0.137. The van der Waals surface area contributed by atoms with Crippen LogP contribution < -0.4 is 15.0 Å². The summed E-state index contributed by atoms with van der Waals surface area (Å²) < 4.78 is 30.4. The van der Waals surface area contributed by atoms with Crippen molar-refractivity contribution in [3.05, 3.63) is 24.0 Å². The van der Waals surface area contributed by atoms with Gasteiger partial charge in [0.25, 0.3) is 0 Å². The van der Waals surface area contributed by atoms with Gasteiger partial charge in [-0.1, -0.05) is 0 Å². The van der Waals surface area contributed by atoms with Crippen molar-refractivity contribution in [2.75, 3.05) is 44.8 Å². The molecule has 2 aliphatic rings. The third-order valence-electron chi connectivity index (χ3n) is 5.04. The van der Waals surface area contributed by atoms with E-state index in [0.29, 0.717) is 31.6 Å². The van der Waals surface area contributed by atoms with Gasteiger partial charge in [-0.15, -0.1) is 0 Å². The van der Waals surface area contributed by atoms with Crippen LogP contribution in [0.2, 0.25) is 0 Å². The monoisotopic (exact) mass is 423 g/mol. The number of hydrogen-bond donors (Lipinski definition) is 1. The lowest BCUT2D eigenvalue weighted by Gasteiger charge is -2.32. The molecule has 10 heteroatoms. The summed E-state index contributed by atoms with van der Waals surface area (Å²) in [5.74, 6) is -0.766. The van der Waals surface area contributed by atoms with Crippen molar-refractivity contribution in [2.45, 2.75) is 32.0 Å². The Balaban J connectivity index is 1.55. The van der Waals surface area contributed by atoms with E-state index in [1.807, 2.05) is 0 Å². The van der Waals surface area contributed by atoms with Crippen LogP contribution in [-0.2, 0) is 19.1 Å². The van der Waals surface area contributed by atoms with E-state index < -0.39 is 18.0 Å². The van der Waals surface area contributed by atoms with Gasteiger partial charge in [0, 0.05) is 46.0 Å². The maximum atomic E-state index is 14.6. The average Bonchev–Trinajstić information content (AvgIpc) is 3.09. The molecule has 1 atom stereocenters. The lowest BCUT2D eigenvalue weighted by atomic mass is 10.1. The summed E-state index contributed by atoms with van der Waals surface area (Å²) in [6.45, 7) is 2.90. The number of ether oxygens (including phenoxy) is 3. The number of hydrogen-bond acceptors (Lipinski definition) is 6. The molecule has 2 aliphatic heterocycles. The largest absolute Gasteiger partial charge is 0.487 e. The summed E-state index contributed by atoms with van der Waals surface area (Å²) in [4.78, 5) is 37.9. The van der Waals surface area contributed by atoms with Gasteiger partial charge >= 0.3 is 6.09 Å². The van der Waals surface area contributed by atoms with E-state index in [9.17, 15) is 18.8 Å². The lowest BCUT2D eigenvalue weighted by Crippen LogP contribution is -2.43. The van der Waals surface area contributed by atoms with E-state index in [1.54, 1.807) is 11.0 Å². The third-order valence-corrected chi connectivity index (χ3v) is 5.04. The van der Waals surface area contributed by atoms with Crippen molar-refractivity contribution in [3.8, 4) is 5.75 Å².